The van der Waals surface area contributed by atoms with Crippen molar-refractivity contribution in [2.24, 2.45) is 35.0 Å². The highest BCUT2D eigenvalue weighted by Crippen LogP contribution is 2.59. The number of Topliss-reactive ketones (excluding diaryl/α,β-unsaturated/α-hetero) is 1. The predicted octanol–water partition coefficient (Wildman–Crippen LogP) is 6.44. The molecule has 2 saturated carbocycles. The van der Waals surface area contributed by atoms with Crippen LogP contribution >= 0.6 is 0 Å². The second kappa shape index (κ2) is 10.0. The van der Waals surface area contributed by atoms with E-state index in [4.69, 9.17) is 9.47 Å². The van der Waals surface area contributed by atoms with E-state index in [0.29, 0.717) is 6.42 Å². The van der Waals surface area contributed by atoms with Crippen molar-refractivity contribution < 1.29 is 23.9 Å². The number of allylic oxidation sites excluding steroid dienone is 4. The first-order chi connectivity index (χ1) is 17.6. The topological polar surface area (TPSA) is 69.7 Å². The van der Waals surface area contributed by atoms with Crippen LogP contribution in [0.2, 0.25) is 0 Å². The average Bonchev–Trinajstić information content (AvgIpc) is 3.39. The van der Waals surface area contributed by atoms with Crippen LogP contribution in [0, 0.1) is 35.0 Å². The smallest absolute Gasteiger partial charge is 0.313 e. The lowest BCUT2D eigenvalue weighted by atomic mass is 9.62. The molecule has 37 heavy (non-hydrogen) atoms. The van der Waals surface area contributed by atoms with Crippen molar-refractivity contribution in [2.45, 2.75) is 97.2 Å². The number of hydrogen-bond acceptors (Lipinski definition) is 5. The van der Waals surface area contributed by atoms with Gasteiger partial charge in [-0.05, 0) is 90.6 Å². The molecule has 2 saturated heterocycles. The van der Waals surface area contributed by atoms with Crippen LogP contribution in [0.3, 0.4) is 0 Å². The van der Waals surface area contributed by atoms with E-state index in [9.17, 15) is 14.4 Å². The molecular weight excluding hydrogens is 464 g/mol. The van der Waals surface area contributed by atoms with Gasteiger partial charge in [0.25, 0.3) is 0 Å². The zero-order valence-corrected chi connectivity index (χ0v) is 22.7. The van der Waals surface area contributed by atoms with Gasteiger partial charge < -0.3 is 9.47 Å². The van der Waals surface area contributed by atoms with E-state index in [1.165, 1.54) is 16.7 Å². The number of ether oxygens (including phenoxy) is 2. The highest BCUT2D eigenvalue weighted by molar-refractivity contribution is 5.88. The summed E-state index contributed by atoms with van der Waals surface area (Å²) in [4.78, 5) is 40.0. The maximum atomic E-state index is 13.9. The Hall–Kier alpha value is -2.43. The van der Waals surface area contributed by atoms with Crippen molar-refractivity contribution in [3.8, 4) is 0 Å². The summed E-state index contributed by atoms with van der Waals surface area (Å²) in [5.41, 5.74) is 3.89. The summed E-state index contributed by atoms with van der Waals surface area (Å²) in [6.07, 6.45) is 11.4. The van der Waals surface area contributed by atoms with Crippen LogP contribution in [0.15, 0.2) is 47.6 Å². The molecule has 0 aromatic carbocycles. The molecule has 5 nitrogen and oxygen atoms in total. The molecule has 8 atom stereocenters. The maximum absolute atomic E-state index is 13.9. The number of esters is 2. The minimum atomic E-state index is -1.01. The molecule has 0 bridgehead atoms. The standard InChI is InChI=1S/C32H42O5/c1-18-7-6-8-19(2)15-27-24(12-9-18)25(30(34)36-27)17-32(16-22(5)33)26-14-11-20(3)23-13-10-21(4)28(23)29(26)37-31(32)35/h7,15,23-29H,3-4,6,8-14,16-17H2,1-2,5H3/b18-7-,19-15-/t23-,24-,25+,26+,27+,28-,29-,32?/m0/s1. The fourth-order valence-corrected chi connectivity index (χ4v) is 8.19. The van der Waals surface area contributed by atoms with Crippen molar-refractivity contribution in [3.63, 3.8) is 0 Å². The van der Waals surface area contributed by atoms with Crippen molar-refractivity contribution in [2.75, 3.05) is 0 Å². The molecule has 5 aliphatic rings. The number of ketones is 1. The van der Waals surface area contributed by atoms with Crippen LogP contribution in [0.5, 0.6) is 0 Å². The summed E-state index contributed by atoms with van der Waals surface area (Å²) in [5, 5.41) is 0. The van der Waals surface area contributed by atoms with E-state index in [1.807, 2.05) is 0 Å². The molecule has 0 aromatic rings. The monoisotopic (exact) mass is 506 g/mol. The van der Waals surface area contributed by atoms with Gasteiger partial charge in [-0.25, -0.2) is 0 Å². The second-order valence-electron chi connectivity index (χ2n) is 12.6. The van der Waals surface area contributed by atoms with Crippen LogP contribution in [0.25, 0.3) is 0 Å². The predicted molar refractivity (Wildman–Crippen MR) is 142 cm³/mol. The van der Waals surface area contributed by atoms with Crippen molar-refractivity contribution in [1.29, 1.82) is 0 Å². The number of rotatable bonds is 4. The molecule has 0 radical (unpaired) electrons. The average molecular weight is 507 g/mol. The second-order valence-corrected chi connectivity index (χ2v) is 12.6. The summed E-state index contributed by atoms with van der Waals surface area (Å²) < 4.78 is 12.2. The zero-order valence-electron chi connectivity index (χ0n) is 22.7. The van der Waals surface area contributed by atoms with Crippen molar-refractivity contribution in [1.82, 2.24) is 0 Å². The van der Waals surface area contributed by atoms with Gasteiger partial charge in [0.15, 0.2) is 0 Å². The first kappa shape index (κ1) is 26.2. The van der Waals surface area contributed by atoms with Crippen LogP contribution in [0.1, 0.15) is 85.0 Å². The molecule has 5 rings (SSSR count). The largest absolute Gasteiger partial charge is 0.461 e. The molecule has 1 unspecified atom stereocenters. The summed E-state index contributed by atoms with van der Waals surface area (Å²) in [6.45, 7) is 14.5. The van der Waals surface area contributed by atoms with E-state index >= 15 is 0 Å². The zero-order chi connectivity index (χ0) is 26.5. The molecule has 5 heteroatoms. The number of fused-ring (bicyclic) bond motifs is 4. The summed E-state index contributed by atoms with van der Waals surface area (Å²) in [7, 11) is 0. The van der Waals surface area contributed by atoms with Gasteiger partial charge >= 0.3 is 11.9 Å². The molecule has 3 aliphatic carbocycles. The Morgan fingerprint density at radius 2 is 1.76 bits per heavy atom. The Morgan fingerprint density at radius 1 is 1.00 bits per heavy atom. The lowest BCUT2D eigenvalue weighted by Crippen LogP contribution is -2.41. The van der Waals surface area contributed by atoms with E-state index in [1.54, 1.807) is 6.92 Å². The normalized spacial score (nSPS) is 42.8. The quantitative estimate of drug-likeness (QED) is 0.324. The van der Waals surface area contributed by atoms with Crippen molar-refractivity contribution >= 4 is 17.7 Å². The Bertz CT molecular complexity index is 1080. The summed E-state index contributed by atoms with van der Waals surface area (Å²) in [5.74, 6) is -0.807. The molecular formula is C32H42O5. The Labute approximate surface area is 221 Å². The van der Waals surface area contributed by atoms with Gasteiger partial charge in [0.2, 0.25) is 0 Å². The Morgan fingerprint density at radius 3 is 2.51 bits per heavy atom. The lowest BCUT2D eigenvalue weighted by Gasteiger charge is -2.35. The first-order valence-electron chi connectivity index (χ1n) is 14.2. The van der Waals surface area contributed by atoms with E-state index in [0.717, 1.165) is 56.9 Å². The van der Waals surface area contributed by atoms with Gasteiger partial charge in [-0.15, -0.1) is 0 Å². The molecule has 0 N–H and O–H groups in total. The van der Waals surface area contributed by atoms with Gasteiger partial charge in [-0.1, -0.05) is 41.5 Å². The molecule has 0 spiro atoms. The minimum absolute atomic E-state index is 0.0190. The third-order valence-corrected chi connectivity index (χ3v) is 10.1. The third-order valence-electron chi connectivity index (χ3n) is 10.1. The summed E-state index contributed by atoms with van der Waals surface area (Å²) >= 11 is 0. The van der Waals surface area contributed by atoms with Gasteiger partial charge in [0.1, 0.15) is 18.0 Å². The molecule has 2 heterocycles. The van der Waals surface area contributed by atoms with Crippen LogP contribution in [-0.4, -0.2) is 29.9 Å². The highest BCUT2D eigenvalue weighted by atomic mass is 16.6. The van der Waals surface area contributed by atoms with Gasteiger partial charge in [-0.3, -0.25) is 14.4 Å². The molecule has 2 aliphatic heterocycles. The van der Waals surface area contributed by atoms with Crippen molar-refractivity contribution in [3.05, 3.63) is 47.6 Å². The van der Waals surface area contributed by atoms with E-state index in [-0.39, 0.29) is 60.0 Å². The Balaban J connectivity index is 1.51. The highest BCUT2D eigenvalue weighted by Gasteiger charge is 2.63. The maximum Gasteiger partial charge on any atom is 0.313 e. The number of carbonyl (C=O) groups excluding carboxylic acids is 3. The molecule has 200 valence electrons. The number of carbonyl (C=O) groups is 3. The summed E-state index contributed by atoms with van der Waals surface area (Å²) in [6, 6.07) is 0. The number of hydrogen-bond donors (Lipinski definition) is 0. The van der Waals surface area contributed by atoms with Gasteiger partial charge in [-0.2, -0.15) is 0 Å². The molecule has 0 amide bonds. The lowest BCUT2D eigenvalue weighted by molar-refractivity contribution is -0.153. The van der Waals surface area contributed by atoms with E-state index in [2.05, 4.69) is 39.2 Å². The SMILES string of the molecule is C=C1CC[C@H]2C(=C)CC[C@@H]3[C@H](OC(=O)C3(CC(C)=O)C[C@H]3C(=O)O[C@@H]4/C=C(/C)CC/C=C(/C)CC[C@H]43)[C@@H]12. The first-order valence-corrected chi connectivity index (χ1v) is 14.2. The Kier molecular flexibility index (Phi) is 7.10. The third kappa shape index (κ3) is 4.68. The fraction of sp³-hybridized carbons (Fsp3) is 0.656. The fourth-order valence-electron chi connectivity index (χ4n) is 8.19. The van der Waals surface area contributed by atoms with Gasteiger partial charge in [0.05, 0.1) is 11.3 Å². The van der Waals surface area contributed by atoms with Gasteiger partial charge in [0, 0.05) is 24.2 Å². The van der Waals surface area contributed by atoms with Crippen LogP contribution in [-0.2, 0) is 23.9 Å². The molecule has 4 fully saturated rings. The van der Waals surface area contributed by atoms with Crippen LogP contribution < -0.4 is 0 Å². The van der Waals surface area contributed by atoms with Crippen LogP contribution in [0.4, 0.5) is 0 Å². The molecule has 0 aromatic heterocycles. The minimum Gasteiger partial charge on any atom is -0.461 e. The van der Waals surface area contributed by atoms with E-state index < -0.39 is 11.3 Å².